The summed E-state index contributed by atoms with van der Waals surface area (Å²) < 4.78 is 0. The minimum Gasteiger partial charge on any atom is -0.337 e. The van der Waals surface area contributed by atoms with Crippen LogP contribution < -0.4 is 0 Å². The first kappa shape index (κ1) is 16.7. The molecule has 0 saturated carbocycles. The molecule has 0 radical (unpaired) electrons. The van der Waals surface area contributed by atoms with Crippen molar-refractivity contribution in [2.24, 2.45) is 0 Å². The molecule has 0 saturated heterocycles. The van der Waals surface area contributed by atoms with E-state index in [-0.39, 0.29) is 5.91 Å². The third-order valence-corrected chi connectivity index (χ3v) is 4.74. The lowest BCUT2D eigenvalue weighted by Crippen LogP contribution is -2.26. The molecule has 0 spiro atoms. The van der Waals surface area contributed by atoms with Crippen LogP contribution in [0.4, 0.5) is 0 Å². The molecule has 6 nitrogen and oxygen atoms in total. The normalized spacial score (nSPS) is 10.3. The van der Waals surface area contributed by atoms with E-state index < -0.39 is 0 Å². The molecule has 0 N–H and O–H groups in total. The van der Waals surface area contributed by atoms with E-state index in [0.717, 1.165) is 5.56 Å². The SMILES string of the molecule is Cc1nc(-c2ncccn2)sc1C(=O)N(C)Cc1ccc(C#N)cc1. The lowest BCUT2D eigenvalue weighted by molar-refractivity contribution is 0.0789. The van der Waals surface area contributed by atoms with Gasteiger partial charge in [-0.25, -0.2) is 15.0 Å². The summed E-state index contributed by atoms with van der Waals surface area (Å²) in [4.78, 5) is 27.7. The van der Waals surface area contributed by atoms with Gasteiger partial charge in [0.15, 0.2) is 10.8 Å². The van der Waals surface area contributed by atoms with Crippen molar-refractivity contribution in [1.29, 1.82) is 5.26 Å². The molecular weight excluding hydrogens is 334 g/mol. The Kier molecular flexibility index (Phi) is 4.82. The standard InChI is InChI=1S/C18H15N5OS/c1-12-15(25-17(22-12)16-20-8-3-9-21-16)18(24)23(2)11-14-6-4-13(10-19)5-7-14/h3-9H,11H2,1-2H3. The van der Waals surface area contributed by atoms with Crippen LogP contribution in [-0.2, 0) is 6.54 Å². The number of hydrogen-bond donors (Lipinski definition) is 0. The van der Waals surface area contributed by atoms with E-state index in [1.807, 2.05) is 19.1 Å². The molecule has 3 aromatic rings. The third-order valence-electron chi connectivity index (χ3n) is 3.60. The smallest absolute Gasteiger partial charge is 0.265 e. The van der Waals surface area contributed by atoms with E-state index in [0.29, 0.717) is 33.5 Å². The summed E-state index contributed by atoms with van der Waals surface area (Å²) in [5, 5.41) is 9.48. The molecule has 124 valence electrons. The van der Waals surface area contributed by atoms with Gasteiger partial charge in [-0.1, -0.05) is 12.1 Å². The van der Waals surface area contributed by atoms with Gasteiger partial charge in [-0.3, -0.25) is 4.79 Å². The van der Waals surface area contributed by atoms with Crippen molar-refractivity contribution in [2.45, 2.75) is 13.5 Å². The zero-order valence-electron chi connectivity index (χ0n) is 13.8. The molecule has 0 aliphatic rings. The molecule has 7 heteroatoms. The molecule has 0 fully saturated rings. The Bertz CT molecular complexity index is 928. The van der Waals surface area contributed by atoms with Gasteiger partial charge in [0.25, 0.3) is 5.91 Å². The zero-order chi connectivity index (χ0) is 17.8. The Hall–Kier alpha value is -3.11. The van der Waals surface area contributed by atoms with Crippen molar-refractivity contribution in [1.82, 2.24) is 19.9 Å². The number of nitrogens with zero attached hydrogens (tertiary/aromatic N) is 5. The van der Waals surface area contributed by atoms with E-state index in [1.165, 1.54) is 11.3 Å². The fraction of sp³-hybridized carbons (Fsp3) is 0.167. The Balaban J connectivity index is 1.78. The van der Waals surface area contributed by atoms with Crippen LogP contribution in [0.15, 0.2) is 42.7 Å². The number of carbonyl (C=O) groups excluding carboxylic acids is 1. The summed E-state index contributed by atoms with van der Waals surface area (Å²) in [5.41, 5.74) is 2.23. The first-order valence-electron chi connectivity index (χ1n) is 7.58. The number of aromatic nitrogens is 3. The Morgan fingerprint density at radius 3 is 2.56 bits per heavy atom. The van der Waals surface area contributed by atoms with Crippen molar-refractivity contribution >= 4 is 17.2 Å². The number of thiazole rings is 1. The van der Waals surface area contributed by atoms with Crippen LogP contribution in [-0.4, -0.2) is 32.8 Å². The van der Waals surface area contributed by atoms with Crippen molar-refractivity contribution in [3.05, 3.63) is 64.4 Å². The van der Waals surface area contributed by atoms with Gasteiger partial charge in [-0.2, -0.15) is 5.26 Å². The third kappa shape index (κ3) is 3.70. The van der Waals surface area contributed by atoms with E-state index in [1.54, 1.807) is 42.5 Å². The molecule has 0 bridgehead atoms. The Morgan fingerprint density at radius 2 is 1.92 bits per heavy atom. The fourth-order valence-electron chi connectivity index (χ4n) is 2.30. The maximum absolute atomic E-state index is 12.7. The second-order valence-electron chi connectivity index (χ2n) is 5.48. The minimum absolute atomic E-state index is 0.0958. The summed E-state index contributed by atoms with van der Waals surface area (Å²) in [6.45, 7) is 2.27. The molecule has 1 aromatic carbocycles. The summed E-state index contributed by atoms with van der Waals surface area (Å²) in [6, 6.07) is 11.0. The van der Waals surface area contributed by atoms with Gasteiger partial charge in [0.05, 0.1) is 17.3 Å². The van der Waals surface area contributed by atoms with Crippen molar-refractivity contribution in [2.75, 3.05) is 7.05 Å². The van der Waals surface area contributed by atoms with Gasteiger partial charge < -0.3 is 4.90 Å². The van der Waals surface area contributed by atoms with E-state index >= 15 is 0 Å². The highest BCUT2D eigenvalue weighted by Gasteiger charge is 2.20. The van der Waals surface area contributed by atoms with Crippen LogP contribution in [0.25, 0.3) is 10.8 Å². The van der Waals surface area contributed by atoms with Crippen LogP contribution >= 0.6 is 11.3 Å². The predicted octanol–water partition coefficient (Wildman–Crippen LogP) is 3.05. The van der Waals surface area contributed by atoms with Gasteiger partial charge in [0, 0.05) is 26.0 Å². The number of nitriles is 1. The van der Waals surface area contributed by atoms with Gasteiger partial charge >= 0.3 is 0 Å². The molecule has 0 aliphatic heterocycles. The maximum atomic E-state index is 12.7. The summed E-state index contributed by atoms with van der Waals surface area (Å²) in [6.07, 6.45) is 3.30. The molecular formula is C18H15N5OS. The largest absolute Gasteiger partial charge is 0.337 e. The van der Waals surface area contributed by atoms with E-state index in [2.05, 4.69) is 21.0 Å². The lowest BCUT2D eigenvalue weighted by atomic mass is 10.1. The number of amides is 1. The van der Waals surface area contributed by atoms with E-state index in [9.17, 15) is 4.79 Å². The molecule has 0 aliphatic carbocycles. The molecule has 1 amide bonds. The van der Waals surface area contributed by atoms with Crippen molar-refractivity contribution in [3.8, 4) is 16.9 Å². The second kappa shape index (κ2) is 7.20. The number of benzene rings is 1. The minimum atomic E-state index is -0.0958. The fourth-order valence-corrected chi connectivity index (χ4v) is 3.31. The van der Waals surface area contributed by atoms with Gasteiger partial charge in [0.2, 0.25) is 0 Å². The highest BCUT2D eigenvalue weighted by atomic mass is 32.1. The molecule has 0 atom stereocenters. The Morgan fingerprint density at radius 1 is 1.24 bits per heavy atom. The molecule has 3 rings (SSSR count). The summed E-state index contributed by atoms with van der Waals surface area (Å²) in [5.74, 6) is 0.422. The Labute approximate surface area is 149 Å². The quantitative estimate of drug-likeness (QED) is 0.723. The van der Waals surface area contributed by atoms with Crippen molar-refractivity contribution < 1.29 is 4.79 Å². The van der Waals surface area contributed by atoms with Gasteiger partial charge in [-0.15, -0.1) is 11.3 Å². The van der Waals surface area contributed by atoms with Crippen LogP contribution in [0, 0.1) is 18.3 Å². The average Bonchev–Trinajstić information content (AvgIpc) is 3.04. The van der Waals surface area contributed by atoms with Crippen LogP contribution in [0.2, 0.25) is 0 Å². The second-order valence-corrected chi connectivity index (χ2v) is 6.47. The summed E-state index contributed by atoms with van der Waals surface area (Å²) >= 11 is 1.30. The van der Waals surface area contributed by atoms with E-state index in [4.69, 9.17) is 5.26 Å². The monoisotopic (exact) mass is 349 g/mol. The number of hydrogen-bond acceptors (Lipinski definition) is 6. The predicted molar refractivity (Wildman–Crippen MR) is 94.8 cm³/mol. The molecule has 2 aromatic heterocycles. The van der Waals surface area contributed by atoms with Crippen molar-refractivity contribution in [3.63, 3.8) is 0 Å². The highest BCUT2D eigenvalue weighted by Crippen LogP contribution is 2.26. The zero-order valence-corrected chi connectivity index (χ0v) is 14.6. The average molecular weight is 349 g/mol. The van der Waals surface area contributed by atoms with Crippen LogP contribution in [0.1, 0.15) is 26.5 Å². The number of aryl methyl sites for hydroxylation is 1. The molecule has 0 unspecified atom stereocenters. The summed E-state index contributed by atoms with van der Waals surface area (Å²) in [7, 11) is 1.75. The topological polar surface area (TPSA) is 82.8 Å². The lowest BCUT2D eigenvalue weighted by Gasteiger charge is -2.16. The number of rotatable bonds is 4. The molecule has 2 heterocycles. The number of carbonyl (C=O) groups is 1. The molecule has 25 heavy (non-hydrogen) atoms. The first-order valence-corrected chi connectivity index (χ1v) is 8.39. The van der Waals surface area contributed by atoms with Gasteiger partial charge in [0.1, 0.15) is 4.88 Å². The van der Waals surface area contributed by atoms with Crippen LogP contribution in [0.5, 0.6) is 0 Å². The van der Waals surface area contributed by atoms with Crippen LogP contribution in [0.3, 0.4) is 0 Å². The van der Waals surface area contributed by atoms with Gasteiger partial charge in [-0.05, 0) is 30.7 Å². The highest BCUT2D eigenvalue weighted by molar-refractivity contribution is 7.17. The first-order chi connectivity index (χ1) is 12.1. The maximum Gasteiger partial charge on any atom is 0.265 e.